The van der Waals surface area contributed by atoms with Crippen LogP contribution in [0.4, 0.5) is 0 Å². The molecule has 7 rings (SSSR count). The first-order valence-electron chi connectivity index (χ1n) is 13.4. The summed E-state index contributed by atoms with van der Waals surface area (Å²) < 4.78 is 11.6. The molecule has 0 heterocycles. The lowest BCUT2D eigenvalue weighted by Gasteiger charge is -2.42. The SMILES string of the molecule is COc1cc2c(cc1OC)[C@H](C1=Cc3ccccc3C1)[C@H]1Cc3ccccc3[C@H]1[C@@H]2C(=O)c1ccccc1. The number of rotatable bonds is 5. The van der Waals surface area contributed by atoms with Gasteiger partial charge in [-0.05, 0) is 64.3 Å². The summed E-state index contributed by atoms with van der Waals surface area (Å²) in [6, 6.07) is 31.4. The first-order chi connectivity index (χ1) is 18.7. The number of fused-ring (bicyclic) bond motifs is 5. The minimum absolute atomic E-state index is 0.0964. The van der Waals surface area contributed by atoms with Gasteiger partial charge in [-0.1, -0.05) is 90.5 Å². The van der Waals surface area contributed by atoms with Crippen molar-refractivity contribution in [2.75, 3.05) is 14.2 Å². The van der Waals surface area contributed by atoms with Gasteiger partial charge in [0.05, 0.1) is 20.1 Å². The second kappa shape index (κ2) is 9.02. The summed E-state index contributed by atoms with van der Waals surface area (Å²) in [7, 11) is 3.36. The highest BCUT2D eigenvalue weighted by Gasteiger charge is 2.51. The van der Waals surface area contributed by atoms with Gasteiger partial charge in [-0.15, -0.1) is 0 Å². The van der Waals surface area contributed by atoms with E-state index in [9.17, 15) is 4.79 Å². The van der Waals surface area contributed by atoms with Crippen LogP contribution in [0.5, 0.6) is 11.5 Å². The fourth-order valence-electron chi connectivity index (χ4n) is 7.35. The molecule has 4 atom stereocenters. The van der Waals surface area contributed by atoms with Gasteiger partial charge in [0.1, 0.15) is 0 Å². The molecule has 0 aliphatic heterocycles. The molecule has 0 saturated carbocycles. The maximum atomic E-state index is 14.4. The Morgan fingerprint density at radius 2 is 1.39 bits per heavy atom. The topological polar surface area (TPSA) is 35.5 Å². The van der Waals surface area contributed by atoms with Gasteiger partial charge in [0.15, 0.2) is 17.3 Å². The van der Waals surface area contributed by atoms with Crippen LogP contribution in [0.15, 0.2) is 96.6 Å². The standard InChI is InChI=1S/C35H30O3/c1-37-30-19-27-28(20-31(30)38-2)34(35(36)21-10-4-3-5-11-21)33-26-15-9-8-14-24(26)18-29(33)32(27)25-16-22-12-6-7-13-23(22)17-25/h3-16,19-20,29,32-34H,17-18H2,1-2H3/t29-,32+,33-,34-/m1/s1. The summed E-state index contributed by atoms with van der Waals surface area (Å²) in [6.07, 6.45) is 4.29. The number of benzene rings is 4. The molecule has 188 valence electrons. The number of hydrogen-bond donors (Lipinski definition) is 0. The molecule has 0 bridgehead atoms. The number of carbonyl (C=O) groups is 1. The summed E-state index contributed by atoms with van der Waals surface area (Å²) in [5, 5.41) is 0. The van der Waals surface area contributed by atoms with Crippen molar-refractivity contribution in [1.82, 2.24) is 0 Å². The summed E-state index contributed by atoms with van der Waals surface area (Å²) in [6.45, 7) is 0. The van der Waals surface area contributed by atoms with E-state index in [0.717, 1.165) is 24.0 Å². The molecule has 3 aliphatic rings. The van der Waals surface area contributed by atoms with Crippen molar-refractivity contribution in [3.63, 3.8) is 0 Å². The van der Waals surface area contributed by atoms with E-state index in [1.807, 2.05) is 30.3 Å². The molecule has 0 saturated heterocycles. The number of Topliss-reactive ketones (excluding diaryl/α,β-unsaturated/α-hetero) is 1. The minimum atomic E-state index is -0.290. The molecule has 0 amide bonds. The van der Waals surface area contributed by atoms with E-state index < -0.39 is 0 Å². The Hall–Kier alpha value is -4.11. The van der Waals surface area contributed by atoms with Crippen LogP contribution in [0.2, 0.25) is 0 Å². The predicted octanol–water partition coefficient (Wildman–Crippen LogP) is 7.36. The van der Waals surface area contributed by atoms with Crippen LogP contribution in [0, 0.1) is 5.92 Å². The van der Waals surface area contributed by atoms with Gasteiger partial charge in [0.2, 0.25) is 0 Å². The molecule has 3 nitrogen and oxygen atoms in total. The van der Waals surface area contributed by atoms with Gasteiger partial charge in [0.25, 0.3) is 0 Å². The molecule has 0 fully saturated rings. The van der Waals surface area contributed by atoms with Crippen molar-refractivity contribution in [3.8, 4) is 11.5 Å². The molecule has 0 unspecified atom stereocenters. The van der Waals surface area contributed by atoms with Crippen LogP contribution in [0.3, 0.4) is 0 Å². The van der Waals surface area contributed by atoms with Gasteiger partial charge in [0, 0.05) is 17.4 Å². The Balaban J connectivity index is 1.48. The van der Waals surface area contributed by atoms with Crippen LogP contribution in [0.1, 0.15) is 61.5 Å². The molecule has 4 aromatic rings. The number of ketones is 1. The van der Waals surface area contributed by atoms with Gasteiger partial charge >= 0.3 is 0 Å². The Labute approximate surface area is 223 Å². The normalized spacial score (nSPS) is 22.5. The smallest absolute Gasteiger partial charge is 0.170 e. The second-order valence-electron chi connectivity index (χ2n) is 10.7. The second-order valence-corrected chi connectivity index (χ2v) is 10.7. The third-order valence-corrected chi connectivity index (χ3v) is 8.91. The number of allylic oxidation sites excluding steroid dienone is 1. The summed E-state index contributed by atoms with van der Waals surface area (Å²) in [5.41, 5.74) is 9.80. The highest BCUT2D eigenvalue weighted by atomic mass is 16.5. The third-order valence-electron chi connectivity index (χ3n) is 8.91. The van der Waals surface area contributed by atoms with Gasteiger partial charge in [-0.3, -0.25) is 4.79 Å². The van der Waals surface area contributed by atoms with E-state index in [1.165, 1.54) is 33.4 Å². The fraction of sp³-hybridized carbons (Fsp3) is 0.229. The van der Waals surface area contributed by atoms with Crippen molar-refractivity contribution in [3.05, 3.63) is 136 Å². The van der Waals surface area contributed by atoms with Crippen LogP contribution < -0.4 is 9.47 Å². The average Bonchev–Trinajstić information content (AvgIpc) is 3.57. The molecule has 3 aliphatic carbocycles. The molecular formula is C35H30O3. The maximum Gasteiger partial charge on any atom is 0.170 e. The monoisotopic (exact) mass is 498 g/mol. The van der Waals surface area contributed by atoms with Crippen LogP contribution in [-0.2, 0) is 12.8 Å². The largest absolute Gasteiger partial charge is 0.493 e. The number of carbonyl (C=O) groups excluding carboxylic acids is 1. The molecule has 38 heavy (non-hydrogen) atoms. The lowest BCUT2D eigenvalue weighted by Crippen LogP contribution is -2.34. The molecule has 0 radical (unpaired) electrons. The predicted molar refractivity (Wildman–Crippen MR) is 150 cm³/mol. The zero-order valence-electron chi connectivity index (χ0n) is 21.7. The van der Waals surface area contributed by atoms with Crippen molar-refractivity contribution in [2.45, 2.75) is 30.6 Å². The summed E-state index contributed by atoms with van der Waals surface area (Å²) in [5.74, 6) is 1.84. The lowest BCUT2D eigenvalue weighted by molar-refractivity contribution is 0.0924. The van der Waals surface area contributed by atoms with Gasteiger partial charge in [-0.25, -0.2) is 0 Å². The van der Waals surface area contributed by atoms with Crippen LogP contribution in [-0.4, -0.2) is 20.0 Å². The number of methoxy groups -OCH3 is 2. The van der Waals surface area contributed by atoms with E-state index in [-0.39, 0.29) is 29.5 Å². The highest BCUT2D eigenvalue weighted by Crippen LogP contribution is 2.61. The van der Waals surface area contributed by atoms with Crippen LogP contribution in [0.25, 0.3) is 6.08 Å². The first kappa shape index (κ1) is 23.0. The molecule has 0 N–H and O–H groups in total. The molecule has 4 aromatic carbocycles. The number of hydrogen-bond acceptors (Lipinski definition) is 3. The Morgan fingerprint density at radius 3 is 2.13 bits per heavy atom. The first-order valence-corrected chi connectivity index (χ1v) is 13.4. The molecule has 3 heteroatoms. The Morgan fingerprint density at radius 1 is 0.737 bits per heavy atom. The maximum absolute atomic E-state index is 14.4. The van der Waals surface area contributed by atoms with E-state index in [0.29, 0.717) is 11.5 Å². The van der Waals surface area contributed by atoms with Gasteiger partial charge < -0.3 is 9.47 Å². The molecular weight excluding hydrogens is 468 g/mol. The van der Waals surface area contributed by atoms with Crippen molar-refractivity contribution >= 4 is 11.9 Å². The zero-order valence-corrected chi connectivity index (χ0v) is 21.7. The van der Waals surface area contributed by atoms with Crippen molar-refractivity contribution < 1.29 is 14.3 Å². The Kier molecular flexibility index (Phi) is 5.47. The van der Waals surface area contributed by atoms with Crippen molar-refractivity contribution in [1.29, 1.82) is 0 Å². The van der Waals surface area contributed by atoms with E-state index >= 15 is 0 Å². The van der Waals surface area contributed by atoms with Crippen molar-refractivity contribution in [2.24, 2.45) is 5.92 Å². The van der Waals surface area contributed by atoms with Crippen LogP contribution >= 0.6 is 0 Å². The third kappa shape index (κ3) is 3.45. The zero-order chi connectivity index (χ0) is 25.8. The molecule has 0 aromatic heterocycles. The summed E-state index contributed by atoms with van der Waals surface area (Å²) >= 11 is 0. The lowest BCUT2D eigenvalue weighted by atomic mass is 9.60. The van der Waals surface area contributed by atoms with Gasteiger partial charge in [-0.2, -0.15) is 0 Å². The number of ether oxygens (including phenoxy) is 2. The minimum Gasteiger partial charge on any atom is -0.493 e. The molecule has 0 spiro atoms. The fourth-order valence-corrected chi connectivity index (χ4v) is 7.35. The van der Waals surface area contributed by atoms with E-state index in [1.54, 1.807) is 14.2 Å². The van der Waals surface area contributed by atoms with E-state index in [4.69, 9.17) is 9.47 Å². The highest BCUT2D eigenvalue weighted by molar-refractivity contribution is 6.02. The summed E-state index contributed by atoms with van der Waals surface area (Å²) in [4.78, 5) is 14.4. The van der Waals surface area contributed by atoms with E-state index in [2.05, 4.69) is 66.7 Å². The average molecular weight is 499 g/mol. The Bertz CT molecular complexity index is 1580. The quantitative estimate of drug-likeness (QED) is 0.270.